The van der Waals surface area contributed by atoms with E-state index in [1.165, 1.54) is 6.92 Å². The van der Waals surface area contributed by atoms with E-state index in [0.717, 1.165) is 0 Å². The summed E-state index contributed by atoms with van der Waals surface area (Å²) in [6.07, 6.45) is -0.127. The van der Waals surface area contributed by atoms with Crippen molar-refractivity contribution in [1.82, 2.24) is 0 Å². The number of esters is 1. The zero-order valence-corrected chi connectivity index (χ0v) is 6.04. The molecule has 10 heavy (non-hydrogen) atoms. The van der Waals surface area contributed by atoms with Crippen molar-refractivity contribution < 1.29 is 14.6 Å². The van der Waals surface area contributed by atoms with E-state index in [2.05, 4.69) is 4.74 Å². The molecule has 0 heterocycles. The van der Waals surface area contributed by atoms with Crippen LogP contribution in [-0.4, -0.2) is 23.9 Å². The Labute approximate surface area is 60.0 Å². The van der Waals surface area contributed by atoms with Crippen LogP contribution in [0.2, 0.25) is 0 Å². The summed E-state index contributed by atoms with van der Waals surface area (Å²) < 4.78 is 4.41. The number of aliphatic hydroxyl groups is 1. The summed E-state index contributed by atoms with van der Waals surface area (Å²) in [7, 11) is 0. The SMILES string of the molecule is CC(O)OC(=O)CCCN. The molecule has 0 rings (SSSR count). The molecule has 0 aliphatic rings. The minimum Gasteiger partial charge on any atom is -0.436 e. The summed E-state index contributed by atoms with van der Waals surface area (Å²) in [6.45, 7) is 1.86. The average Bonchev–Trinajstić information content (AvgIpc) is 1.82. The van der Waals surface area contributed by atoms with Crippen molar-refractivity contribution in [3.8, 4) is 0 Å². The highest BCUT2D eigenvalue weighted by molar-refractivity contribution is 5.69. The molecule has 4 nitrogen and oxygen atoms in total. The number of hydrogen-bond donors (Lipinski definition) is 2. The molecule has 3 N–H and O–H groups in total. The van der Waals surface area contributed by atoms with Crippen molar-refractivity contribution in [2.45, 2.75) is 26.1 Å². The lowest BCUT2D eigenvalue weighted by molar-refractivity contribution is -0.164. The molecule has 0 spiro atoms. The highest BCUT2D eigenvalue weighted by Gasteiger charge is 2.03. The molecule has 0 radical (unpaired) electrons. The monoisotopic (exact) mass is 147 g/mol. The topological polar surface area (TPSA) is 72.5 Å². The number of aliphatic hydroxyl groups excluding tert-OH is 1. The lowest BCUT2D eigenvalue weighted by Gasteiger charge is -2.05. The number of hydrogen-bond acceptors (Lipinski definition) is 4. The van der Waals surface area contributed by atoms with Crippen LogP contribution < -0.4 is 5.73 Å². The van der Waals surface area contributed by atoms with Crippen LogP contribution in [0.1, 0.15) is 19.8 Å². The Bertz CT molecular complexity index is 103. The number of carbonyl (C=O) groups excluding carboxylic acids is 1. The molecule has 0 saturated carbocycles. The number of carbonyl (C=O) groups is 1. The van der Waals surface area contributed by atoms with Gasteiger partial charge in [-0.05, 0) is 19.9 Å². The van der Waals surface area contributed by atoms with E-state index in [9.17, 15) is 4.79 Å². The number of nitrogens with two attached hydrogens (primary N) is 1. The van der Waals surface area contributed by atoms with Gasteiger partial charge < -0.3 is 15.6 Å². The lowest BCUT2D eigenvalue weighted by Crippen LogP contribution is -2.14. The van der Waals surface area contributed by atoms with Crippen molar-refractivity contribution in [2.24, 2.45) is 5.73 Å². The van der Waals surface area contributed by atoms with Crippen LogP contribution in [0.5, 0.6) is 0 Å². The highest BCUT2D eigenvalue weighted by Crippen LogP contribution is 1.93. The van der Waals surface area contributed by atoms with Crippen LogP contribution in [0.3, 0.4) is 0 Å². The molecule has 0 aliphatic carbocycles. The van der Waals surface area contributed by atoms with Gasteiger partial charge in [-0.25, -0.2) is 0 Å². The Morgan fingerprint density at radius 3 is 2.80 bits per heavy atom. The maximum absolute atomic E-state index is 10.6. The molecular formula is C6H13NO3. The Hall–Kier alpha value is -0.610. The van der Waals surface area contributed by atoms with Crippen molar-refractivity contribution in [3.63, 3.8) is 0 Å². The molecule has 0 aromatic heterocycles. The molecule has 4 heteroatoms. The normalized spacial score (nSPS) is 12.7. The fourth-order valence-corrected chi connectivity index (χ4v) is 0.496. The van der Waals surface area contributed by atoms with Crippen molar-refractivity contribution in [3.05, 3.63) is 0 Å². The predicted octanol–water partition coefficient (Wildman–Crippen LogP) is -0.393. The zero-order chi connectivity index (χ0) is 7.98. The van der Waals surface area contributed by atoms with Gasteiger partial charge >= 0.3 is 5.97 Å². The van der Waals surface area contributed by atoms with Crippen LogP contribution in [0.25, 0.3) is 0 Å². The molecule has 0 aromatic rings. The van der Waals surface area contributed by atoms with E-state index in [0.29, 0.717) is 13.0 Å². The van der Waals surface area contributed by atoms with E-state index in [-0.39, 0.29) is 6.42 Å². The molecule has 0 saturated heterocycles. The Morgan fingerprint density at radius 1 is 1.80 bits per heavy atom. The first-order valence-electron chi connectivity index (χ1n) is 3.24. The molecular weight excluding hydrogens is 134 g/mol. The van der Waals surface area contributed by atoms with Gasteiger partial charge in [0.05, 0.1) is 0 Å². The first kappa shape index (κ1) is 9.39. The fourth-order valence-electron chi connectivity index (χ4n) is 0.496. The van der Waals surface area contributed by atoms with Crippen LogP contribution in [0.4, 0.5) is 0 Å². The molecule has 0 amide bonds. The fraction of sp³-hybridized carbons (Fsp3) is 0.833. The molecule has 0 fully saturated rings. The van der Waals surface area contributed by atoms with Gasteiger partial charge in [0.25, 0.3) is 0 Å². The van der Waals surface area contributed by atoms with Crippen LogP contribution >= 0.6 is 0 Å². The van der Waals surface area contributed by atoms with E-state index < -0.39 is 12.3 Å². The summed E-state index contributed by atoms with van der Waals surface area (Å²) >= 11 is 0. The second-order valence-corrected chi connectivity index (χ2v) is 1.98. The van der Waals surface area contributed by atoms with Gasteiger partial charge in [0.1, 0.15) is 0 Å². The minimum atomic E-state index is -1.01. The summed E-state index contributed by atoms with van der Waals surface area (Å²) in [5, 5.41) is 8.55. The minimum absolute atomic E-state index is 0.279. The summed E-state index contributed by atoms with van der Waals surface area (Å²) in [5.41, 5.74) is 5.14. The number of ether oxygens (including phenoxy) is 1. The molecule has 0 aromatic carbocycles. The Morgan fingerprint density at radius 2 is 2.40 bits per heavy atom. The van der Waals surface area contributed by atoms with Gasteiger partial charge in [-0.15, -0.1) is 0 Å². The maximum Gasteiger partial charge on any atom is 0.308 e. The average molecular weight is 147 g/mol. The van der Waals surface area contributed by atoms with Gasteiger partial charge in [-0.3, -0.25) is 4.79 Å². The van der Waals surface area contributed by atoms with E-state index in [4.69, 9.17) is 10.8 Å². The first-order chi connectivity index (χ1) is 4.66. The van der Waals surface area contributed by atoms with Crippen molar-refractivity contribution >= 4 is 5.97 Å². The van der Waals surface area contributed by atoms with Gasteiger partial charge in [0.15, 0.2) is 6.29 Å². The van der Waals surface area contributed by atoms with E-state index in [1.807, 2.05) is 0 Å². The van der Waals surface area contributed by atoms with Crippen LogP contribution in [0.15, 0.2) is 0 Å². The van der Waals surface area contributed by atoms with Gasteiger partial charge in [0.2, 0.25) is 0 Å². The highest BCUT2D eigenvalue weighted by atomic mass is 16.6. The first-order valence-corrected chi connectivity index (χ1v) is 3.24. The number of rotatable bonds is 4. The molecule has 1 atom stereocenters. The molecule has 0 bridgehead atoms. The lowest BCUT2D eigenvalue weighted by atomic mass is 10.3. The third kappa shape index (κ3) is 5.53. The van der Waals surface area contributed by atoms with Gasteiger partial charge in [-0.2, -0.15) is 0 Å². The van der Waals surface area contributed by atoms with Crippen molar-refractivity contribution in [1.29, 1.82) is 0 Å². The Balaban J connectivity index is 3.26. The molecule has 0 aliphatic heterocycles. The standard InChI is InChI=1S/C6H13NO3/c1-5(8)10-6(9)3-2-4-7/h5,8H,2-4,7H2,1H3. The van der Waals surface area contributed by atoms with Gasteiger partial charge in [0, 0.05) is 6.42 Å². The van der Waals surface area contributed by atoms with E-state index >= 15 is 0 Å². The Kier molecular flexibility index (Phi) is 4.88. The second kappa shape index (κ2) is 5.20. The summed E-state index contributed by atoms with van der Waals surface area (Å²) in [4.78, 5) is 10.6. The zero-order valence-electron chi connectivity index (χ0n) is 6.04. The summed E-state index contributed by atoms with van der Waals surface area (Å²) in [6, 6.07) is 0. The summed E-state index contributed by atoms with van der Waals surface area (Å²) in [5.74, 6) is -0.402. The third-order valence-corrected chi connectivity index (χ3v) is 0.887. The van der Waals surface area contributed by atoms with E-state index in [1.54, 1.807) is 0 Å². The largest absolute Gasteiger partial charge is 0.436 e. The maximum atomic E-state index is 10.6. The third-order valence-electron chi connectivity index (χ3n) is 0.887. The van der Waals surface area contributed by atoms with Gasteiger partial charge in [-0.1, -0.05) is 0 Å². The van der Waals surface area contributed by atoms with Crippen molar-refractivity contribution in [2.75, 3.05) is 6.54 Å². The second-order valence-electron chi connectivity index (χ2n) is 1.98. The quantitative estimate of drug-likeness (QED) is 0.419. The van der Waals surface area contributed by atoms with Crippen LogP contribution in [-0.2, 0) is 9.53 Å². The van der Waals surface area contributed by atoms with Crippen LogP contribution in [0, 0.1) is 0 Å². The predicted molar refractivity (Wildman–Crippen MR) is 36.1 cm³/mol. The smallest absolute Gasteiger partial charge is 0.308 e. The molecule has 60 valence electrons. The molecule has 1 unspecified atom stereocenters.